The van der Waals surface area contributed by atoms with E-state index < -0.39 is 23.5 Å². The van der Waals surface area contributed by atoms with Gasteiger partial charge in [-0.05, 0) is 88.0 Å². The molecule has 0 radical (unpaired) electrons. The summed E-state index contributed by atoms with van der Waals surface area (Å²) in [6, 6.07) is 0. The topological polar surface area (TPSA) is 60.7 Å². The van der Waals surface area contributed by atoms with Gasteiger partial charge in [0.2, 0.25) is 0 Å². The van der Waals surface area contributed by atoms with Gasteiger partial charge in [0.25, 0.3) is 0 Å². The Hall–Kier alpha value is -0.970. The summed E-state index contributed by atoms with van der Waals surface area (Å²) in [5.41, 5.74) is -0.580. The summed E-state index contributed by atoms with van der Waals surface area (Å²) in [6.45, 7) is 11.3. The van der Waals surface area contributed by atoms with Gasteiger partial charge in [0, 0.05) is 11.8 Å². The zero-order valence-electron chi connectivity index (χ0n) is 20.7. The van der Waals surface area contributed by atoms with Crippen molar-refractivity contribution in [2.45, 2.75) is 104 Å². The van der Waals surface area contributed by atoms with Crippen molar-refractivity contribution in [3.63, 3.8) is 0 Å². The monoisotopic (exact) mass is 446 g/mol. The Morgan fingerprint density at radius 3 is 2.44 bits per heavy atom. The average molecular weight is 447 g/mol. The van der Waals surface area contributed by atoms with Crippen LogP contribution in [0.25, 0.3) is 0 Å². The summed E-state index contributed by atoms with van der Waals surface area (Å²) in [5.74, 6) is 1.54. The number of rotatable bonds is 4. The summed E-state index contributed by atoms with van der Waals surface area (Å²) in [5, 5.41) is 31.4. The number of hydrogen-bond donors (Lipinski definition) is 3. The van der Waals surface area contributed by atoms with Gasteiger partial charge in [-0.2, -0.15) is 0 Å². The first kappa shape index (κ1) is 24.2. The third-order valence-electron chi connectivity index (χ3n) is 10.3. The molecule has 0 bridgehead atoms. The largest absolute Gasteiger partial charge is 0.393 e. The van der Waals surface area contributed by atoms with Gasteiger partial charge in [0.1, 0.15) is 0 Å². The van der Waals surface area contributed by atoms with Crippen LogP contribution < -0.4 is 0 Å². The number of halogens is 1. The summed E-state index contributed by atoms with van der Waals surface area (Å²) < 4.78 is 15.0. The van der Waals surface area contributed by atoms with E-state index in [2.05, 4.69) is 32.9 Å². The van der Waals surface area contributed by atoms with Crippen LogP contribution in [0.1, 0.15) is 80.1 Å². The summed E-state index contributed by atoms with van der Waals surface area (Å²) >= 11 is 0. The van der Waals surface area contributed by atoms with Crippen molar-refractivity contribution in [1.82, 2.24) is 0 Å². The number of allylic oxidation sites excluding steroid dienone is 4. The summed E-state index contributed by atoms with van der Waals surface area (Å²) in [7, 11) is 0. The quantitative estimate of drug-likeness (QED) is 0.499. The molecule has 4 aliphatic carbocycles. The van der Waals surface area contributed by atoms with Crippen molar-refractivity contribution < 1.29 is 19.7 Å². The molecule has 9 atom stereocenters. The Bertz CT molecular complexity index is 834. The molecule has 0 aromatic rings. The smallest absolute Gasteiger partial charge is 0.154 e. The lowest BCUT2D eigenvalue weighted by atomic mass is 9.49. The Labute approximate surface area is 193 Å². The Morgan fingerprint density at radius 1 is 1.09 bits per heavy atom. The molecule has 3 saturated carbocycles. The van der Waals surface area contributed by atoms with Gasteiger partial charge in [-0.25, -0.2) is 4.39 Å². The zero-order valence-corrected chi connectivity index (χ0v) is 20.7. The molecule has 0 spiro atoms. The van der Waals surface area contributed by atoms with E-state index in [9.17, 15) is 19.7 Å². The van der Waals surface area contributed by atoms with Gasteiger partial charge in [-0.3, -0.25) is 0 Å². The van der Waals surface area contributed by atoms with Crippen LogP contribution >= 0.6 is 0 Å². The first-order valence-electron chi connectivity index (χ1n) is 12.6. The molecule has 0 aromatic carbocycles. The fourth-order valence-electron chi connectivity index (χ4n) is 7.62. The highest BCUT2D eigenvalue weighted by atomic mass is 19.1. The van der Waals surface area contributed by atoms with Crippen LogP contribution in [0.4, 0.5) is 4.39 Å². The van der Waals surface area contributed by atoms with Gasteiger partial charge in [-0.15, -0.1) is 0 Å². The lowest BCUT2D eigenvalue weighted by molar-refractivity contribution is -0.0538. The normalized spacial score (nSPS) is 44.8. The van der Waals surface area contributed by atoms with Gasteiger partial charge >= 0.3 is 0 Å². The van der Waals surface area contributed by atoms with E-state index in [-0.39, 0.29) is 16.7 Å². The number of hydrogen-bond acceptors (Lipinski definition) is 3. The van der Waals surface area contributed by atoms with Gasteiger partial charge in [0.05, 0.1) is 17.8 Å². The molecule has 4 heteroatoms. The SMILES string of the molecule is C[C@H](/C=C/[C@@](C)(F)C(C)(C)O)[C@H]1CC[C@H]2C3=CC=C4C[C@@H](O)C[C@H](O)[C@]4(C)[C@H]3CC[C@]12C. The first-order chi connectivity index (χ1) is 14.7. The molecular weight excluding hydrogens is 403 g/mol. The fraction of sp³-hybridized carbons (Fsp3) is 0.786. The third kappa shape index (κ3) is 3.56. The second-order valence-electron chi connectivity index (χ2n) is 12.4. The van der Waals surface area contributed by atoms with Crippen molar-refractivity contribution in [3.05, 3.63) is 35.5 Å². The molecule has 0 unspecified atom stereocenters. The lowest BCUT2D eigenvalue weighted by Crippen LogP contribution is -2.52. The van der Waals surface area contributed by atoms with E-state index in [0.29, 0.717) is 30.6 Å². The fourth-order valence-corrected chi connectivity index (χ4v) is 7.62. The van der Waals surface area contributed by atoms with Gasteiger partial charge < -0.3 is 15.3 Å². The Morgan fingerprint density at radius 2 is 1.78 bits per heavy atom. The van der Waals surface area contributed by atoms with E-state index >= 15 is 0 Å². The van der Waals surface area contributed by atoms with Crippen molar-refractivity contribution >= 4 is 0 Å². The maximum Gasteiger partial charge on any atom is 0.154 e. The zero-order chi connectivity index (χ0) is 23.7. The van der Waals surface area contributed by atoms with Gasteiger partial charge in [0.15, 0.2) is 5.67 Å². The molecule has 0 aliphatic heterocycles. The average Bonchev–Trinajstić information content (AvgIpc) is 3.04. The van der Waals surface area contributed by atoms with Crippen LogP contribution in [-0.2, 0) is 0 Å². The van der Waals surface area contributed by atoms with Crippen LogP contribution in [-0.4, -0.2) is 38.8 Å². The van der Waals surface area contributed by atoms with Crippen LogP contribution in [0.5, 0.6) is 0 Å². The highest BCUT2D eigenvalue weighted by Crippen LogP contribution is 2.66. The molecule has 3 N–H and O–H groups in total. The maximum absolute atomic E-state index is 15.0. The molecular formula is C28H43FO3. The predicted molar refractivity (Wildman–Crippen MR) is 127 cm³/mol. The molecule has 0 heterocycles. The first-order valence-corrected chi connectivity index (χ1v) is 12.6. The molecule has 3 fully saturated rings. The van der Waals surface area contributed by atoms with E-state index in [1.54, 1.807) is 6.08 Å². The van der Waals surface area contributed by atoms with E-state index in [0.717, 1.165) is 25.7 Å². The minimum Gasteiger partial charge on any atom is -0.393 e. The summed E-state index contributed by atoms with van der Waals surface area (Å²) in [4.78, 5) is 0. The van der Waals surface area contributed by atoms with E-state index in [1.807, 2.05) is 6.08 Å². The van der Waals surface area contributed by atoms with E-state index in [1.165, 1.54) is 31.9 Å². The number of aliphatic hydroxyl groups is 3. The second kappa shape index (κ2) is 7.78. The number of alkyl halides is 1. The molecule has 0 aromatic heterocycles. The van der Waals surface area contributed by atoms with Crippen molar-refractivity contribution in [2.75, 3.05) is 0 Å². The molecule has 4 rings (SSSR count). The molecule has 32 heavy (non-hydrogen) atoms. The molecule has 180 valence electrons. The predicted octanol–water partition coefficient (Wildman–Crippen LogP) is 5.51. The third-order valence-corrected chi connectivity index (χ3v) is 10.3. The van der Waals surface area contributed by atoms with Crippen molar-refractivity contribution in [2.24, 2.45) is 34.5 Å². The minimum atomic E-state index is -1.76. The molecule has 0 amide bonds. The Kier molecular flexibility index (Phi) is 5.88. The molecule has 3 nitrogen and oxygen atoms in total. The van der Waals surface area contributed by atoms with Crippen LogP contribution in [0.15, 0.2) is 35.5 Å². The van der Waals surface area contributed by atoms with Crippen molar-refractivity contribution in [3.8, 4) is 0 Å². The van der Waals surface area contributed by atoms with Crippen LogP contribution in [0.3, 0.4) is 0 Å². The lowest BCUT2D eigenvalue weighted by Gasteiger charge is -2.56. The van der Waals surface area contributed by atoms with Crippen LogP contribution in [0.2, 0.25) is 0 Å². The highest BCUT2D eigenvalue weighted by Gasteiger charge is 2.58. The molecule has 4 aliphatic rings. The minimum absolute atomic E-state index is 0.161. The van der Waals surface area contributed by atoms with Crippen molar-refractivity contribution in [1.29, 1.82) is 0 Å². The summed E-state index contributed by atoms with van der Waals surface area (Å²) in [6.07, 6.45) is 12.7. The number of aliphatic hydroxyl groups excluding tert-OH is 2. The van der Waals surface area contributed by atoms with E-state index in [4.69, 9.17) is 0 Å². The maximum atomic E-state index is 15.0. The second-order valence-corrected chi connectivity index (χ2v) is 12.4. The van der Waals surface area contributed by atoms with Crippen LogP contribution in [0, 0.1) is 34.5 Å². The van der Waals surface area contributed by atoms with Gasteiger partial charge in [-0.1, -0.05) is 50.1 Å². The highest BCUT2D eigenvalue weighted by molar-refractivity contribution is 5.40. The number of fused-ring (bicyclic) bond motifs is 5. The standard InChI is InChI=1S/C28H43FO3/c1-17(11-14-27(5,29)25(2,3)32)21-9-10-22-20-8-7-18-15-19(30)16-24(31)28(18,6)23(20)12-13-26(21,22)4/h7-8,11,14,17,19,21-24,30-32H,9-10,12-13,15-16H2,1-6H3/b14-11+/t17-,19-,21-,22+,23+,24+,26-,27-,28+/m1/s1. The molecule has 0 saturated heterocycles. The Balaban J connectivity index is 1.59.